The van der Waals surface area contributed by atoms with Gasteiger partial charge in [0, 0.05) is 11.6 Å². The maximum absolute atomic E-state index is 11.4. The Morgan fingerprint density at radius 1 is 1.39 bits per heavy atom. The zero-order chi connectivity index (χ0) is 13.2. The first-order valence-electron chi connectivity index (χ1n) is 5.98. The minimum atomic E-state index is -2.83. The predicted molar refractivity (Wildman–Crippen MR) is 71.7 cm³/mol. The van der Waals surface area contributed by atoms with E-state index in [9.17, 15) is 8.42 Å². The number of halogens is 1. The van der Waals surface area contributed by atoms with Crippen LogP contribution in [-0.2, 0) is 16.3 Å². The third-order valence-corrected chi connectivity index (χ3v) is 5.18. The number of hydrogen-bond donors (Lipinski definition) is 1. The van der Waals surface area contributed by atoms with Crippen LogP contribution in [-0.4, -0.2) is 35.9 Å². The first-order chi connectivity index (χ1) is 8.52. The van der Waals surface area contributed by atoms with Crippen molar-refractivity contribution in [3.8, 4) is 0 Å². The van der Waals surface area contributed by atoms with Crippen molar-refractivity contribution in [1.29, 1.82) is 0 Å². The summed E-state index contributed by atoms with van der Waals surface area (Å²) in [5.74, 6) is 1.21. The summed E-state index contributed by atoms with van der Waals surface area (Å²) in [5.41, 5.74) is 0.882. The summed E-state index contributed by atoms with van der Waals surface area (Å²) in [4.78, 5) is 8.13. The van der Waals surface area contributed by atoms with E-state index in [4.69, 9.17) is 11.6 Å². The van der Waals surface area contributed by atoms with Crippen molar-refractivity contribution < 1.29 is 8.42 Å². The Hall–Kier alpha value is -0.880. The molecule has 1 aliphatic rings. The van der Waals surface area contributed by atoms with E-state index in [1.807, 2.05) is 6.92 Å². The van der Waals surface area contributed by atoms with Gasteiger partial charge < -0.3 is 5.32 Å². The minimum Gasteiger partial charge on any atom is -0.367 e. The Labute approximate surface area is 112 Å². The molecule has 5 nitrogen and oxygen atoms in total. The molecule has 0 radical (unpaired) electrons. The smallest absolute Gasteiger partial charge is 0.150 e. The molecule has 1 saturated heterocycles. The van der Waals surface area contributed by atoms with Crippen molar-refractivity contribution in [3.63, 3.8) is 0 Å². The Kier molecular flexibility index (Phi) is 4.07. The van der Waals surface area contributed by atoms with E-state index in [2.05, 4.69) is 15.3 Å². The highest BCUT2D eigenvalue weighted by Gasteiger charge is 2.24. The topological polar surface area (TPSA) is 72.0 Å². The molecule has 0 atom stereocenters. The van der Waals surface area contributed by atoms with Gasteiger partial charge in [0.25, 0.3) is 0 Å². The van der Waals surface area contributed by atoms with Gasteiger partial charge >= 0.3 is 0 Å². The van der Waals surface area contributed by atoms with Crippen LogP contribution in [0.25, 0.3) is 0 Å². The molecule has 1 aromatic rings. The van der Waals surface area contributed by atoms with E-state index in [-0.39, 0.29) is 17.5 Å². The lowest BCUT2D eigenvalue weighted by Crippen LogP contribution is -2.32. The number of nitrogens with one attached hydrogen (secondary N) is 1. The second kappa shape index (κ2) is 5.40. The van der Waals surface area contributed by atoms with E-state index in [1.54, 1.807) is 0 Å². The fourth-order valence-electron chi connectivity index (χ4n) is 2.06. The summed E-state index contributed by atoms with van der Waals surface area (Å²) >= 11 is 6.01. The second-order valence-corrected chi connectivity index (χ2v) is 7.08. The molecule has 0 spiro atoms. The van der Waals surface area contributed by atoms with Crippen molar-refractivity contribution in [2.45, 2.75) is 32.2 Å². The molecule has 1 aromatic heterocycles. The van der Waals surface area contributed by atoms with Crippen LogP contribution in [0.3, 0.4) is 0 Å². The highest BCUT2D eigenvalue weighted by molar-refractivity contribution is 7.91. The van der Waals surface area contributed by atoms with Gasteiger partial charge in [-0.25, -0.2) is 18.4 Å². The number of aromatic nitrogens is 2. The zero-order valence-corrected chi connectivity index (χ0v) is 11.8. The van der Waals surface area contributed by atoms with Gasteiger partial charge in [0.2, 0.25) is 0 Å². The summed E-state index contributed by atoms with van der Waals surface area (Å²) in [5, 5.41) is 3.74. The lowest BCUT2D eigenvalue weighted by atomic mass is 10.1. The Balaban J connectivity index is 2.09. The van der Waals surface area contributed by atoms with Gasteiger partial charge in [-0.3, -0.25) is 0 Å². The molecule has 1 fully saturated rings. The van der Waals surface area contributed by atoms with Crippen LogP contribution >= 0.6 is 11.6 Å². The Morgan fingerprint density at radius 2 is 2.06 bits per heavy atom. The maximum Gasteiger partial charge on any atom is 0.150 e. The second-order valence-electron chi connectivity index (χ2n) is 4.42. The van der Waals surface area contributed by atoms with Gasteiger partial charge in [0.05, 0.1) is 11.5 Å². The number of sulfone groups is 1. The highest BCUT2D eigenvalue weighted by atomic mass is 35.5. The standard InChI is InChI=1S/C11H16ClN3O2S/c1-2-9-10(12)13-7-14-11(9)15-8-3-5-18(16,17)6-4-8/h7-8H,2-6H2,1H3,(H,13,14,15). The average Bonchev–Trinajstić information content (AvgIpc) is 2.32. The third-order valence-electron chi connectivity index (χ3n) is 3.14. The van der Waals surface area contributed by atoms with E-state index in [0.29, 0.717) is 18.0 Å². The van der Waals surface area contributed by atoms with Crippen molar-refractivity contribution >= 4 is 27.3 Å². The first kappa shape index (κ1) is 13.5. The van der Waals surface area contributed by atoms with Crippen molar-refractivity contribution in [3.05, 3.63) is 17.0 Å². The molecule has 0 aromatic carbocycles. The predicted octanol–water partition coefficient (Wildman–Crippen LogP) is 1.68. The molecule has 0 saturated carbocycles. The SMILES string of the molecule is CCc1c(Cl)ncnc1NC1CCS(=O)(=O)CC1. The largest absolute Gasteiger partial charge is 0.367 e. The molecule has 7 heteroatoms. The average molecular weight is 290 g/mol. The quantitative estimate of drug-likeness (QED) is 0.857. The molecule has 0 amide bonds. The van der Waals surface area contributed by atoms with Gasteiger partial charge in [-0.2, -0.15) is 0 Å². The van der Waals surface area contributed by atoms with E-state index >= 15 is 0 Å². The molecule has 1 N–H and O–H groups in total. The number of nitrogens with zero attached hydrogens (tertiary/aromatic N) is 2. The van der Waals surface area contributed by atoms with Crippen LogP contribution < -0.4 is 5.32 Å². The zero-order valence-electron chi connectivity index (χ0n) is 10.2. The third kappa shape index (κ3) is 3.11. The summed E-state index contributed by atoms with van der Waals surface area (Å²) in [6.45, 7) is 1.99. The number of anilines is 1. The molecule has 18 heavy (non-hydrogen) atoms. The summed E-state index contributed by atoms with van der Waals surface area (Å²) < 4.78 is 22.7. The normalized spacial score (nSPS) is 19.7. The molecular formula is C11H16ClN3O2S. The molecule has 0 aliphatic carbocycles. The van der Waals surface area contributed by atoms with Gasteiger partial charge in [0.1, 0.15) is 27.1 Å². The first-order valence-corrected chi connectivity index (χ1v) is 8.18. The lowest BCUT2D eigenvalue weighted by Gasteiger charge is -2.24. The van der Waals surface area contributed by atoms with E-state index in [1.165, 1.54) is 6.33 Å². The number of hydrogen-bond acceptors (Lipinski definition) is 5. The van der Waals surface area contributed by atoms with Gasteiger partial charge in [-0.1, -0.05) is 18.5 Å². The van der Waals surface area contributed by atoms with Crippen molar-refractivity contribution in [1.82, 2.24) is 9.97 Å². The van der Waals surface area contributed by atoms with Gasteiger partial charge in [-0.05, 0) is 19.3 Å². The van der Waals surface area contributed by atoms with Crippen molar-refractivity contribution in [2.24, 2.45) is 0 Å². The molecule has 2 heterocycles. The molecule has 1 aliphatic heterocycles. The minimum absolute atomic E-state index is 0.143. The van der Waals surface area contributed by atoms with Crippen LogP contribution in [0.5, 0.6) is 0 Å². The van der Waals surface area contributed by atoms with Crippen LogP contribution in [0.2, 0.25) is 5.15 Å². The summed E-state index contributed by atoms with van der Waals surface area (Å²) in [7, 11) is -2.83. The molecule has 2 rings (SSSR count). The highest BCUT2D eigenvalue weighted by Crippen LogP contribution is 2.23. The van der Waals surface area contributed by atoms with E-state index < -0.39 is 9.84 Å². The van der Waals surface area contributed by atoms with Crippen LogP contribution in [0.4, 0.5) is 5.82 Å². The van der Waals surface area contributed by atoms with Crippen LogP contribution in [0.15, 0.2) is 6.33 Å². The lowest BCUT2D eigenvalue weighted by molar-refractivity contribution is 0.558. The van der Waals surface area contributed by atoms with Crippen molar-refractivity contribution in [2.75, 3.05) is 16.8 Å². The van der Waals surface area contributed by atoms with Crippen LogP contribution in [0.1, 0.15) is 25.3 Å². The fourth-order valence-corrected chi connectivity index (χ4v) is 3.81. The molecule has 0 unspecified atom stereocenters. The van der Waals surface area contributed by atoms with E-state index in [0.717, 1.165) is 17.8 Å². The summed E-state index contributed by atoms with van der Waals surface area (Å²) in [6.07, 6.45) is 3.40. The fraction of sp³-hybridized carbons (Fsp3) is 0.636. The Bertz CT molecular complexity index is 519. The van der Waals surface area contributed by atoms with Gasteiger partial charge in [-0.15, -0.1) is 0 Å². The monoisotopic (exact) mass is 289 g/mol. The van der Waals surface area contributed by atoms with Crippen LogP contribution in [0, 0.1) is 0 Å². The Morgan fingerprint density at radius 3 is 2.67 bits per heavy atom. The van der Waals surface area contributed by atoms with Gasteiger partial charge in [0.15, 0.2) is 0 Å². The number of rotatable bonds is 3. The molecular weight excluding hydrogens is 274 g/mol. The summed E-state index contributed by atoms with van der Waals surface area (Å²) in [6, 6.07) is 0.143. The molecule has 100 valence electrons. The molecule has 0 bridgehead atoms. The maximum atomic E-state index is 11.4.